The van der Waals surface area contributed by atoms with Gasteiger partial charge in [-0.15, -0.1) is 18.2 Å². The predicted octanol–water partition coefficient (Wildman–Crippen LogP) is 4.36. The topological polar surface area (TPSA) is 65.4 Å². The Morgan fingerprint density at radius 3 is 2.71 bits per heavy atom. The van der Waals surface area contributed by atoms with Crippen molar-refractivity contribution in [2.45, 2.75) is 24.3 Å². The molecule has 0 saturated heterocycles. The number of hydrogen-bond donors (Lipinski definition) is 1. The second kappa shape index (κ2) is 8.78. The zero-order valence-electron chi connectivity index (χ0n) is 17.6. The Kier molecular flexibility index (Phi) is 5.92. The second-order valence-corrected chi connectivity index (χ2v) is 8.60. The van der Waals surface area contributed by atoms with Gasteiger partial charge in [-0.2, -0.15) is 5.10 Å². The molecule has 2 aromatic carbocycles. The van der Waals surface area contributed by atoms with Crippen molar-refractivity contribution in [3.05, 3.63) is 65.4 Å². The monoisotopic (exact) mass is 433 g/mol. The Labute approximate surface area is 185 Å². The van der Waals surface area contributed by atoms with Crippen LogP contribution >= 0.6 is 11.8 Å². The summed E-state index contributed by atoms with van der Waals surface area (Å²) in [5.41, 5.74) is 3.72. The molecule has 1 aliphatic rings. The molecule has 0 spiro atoms. The molecule has 0 aliphatic carbocycles. The number of hydrogen-bond acceptors (Lipinski definition) is 5. The van der Waals surface area contributed by atoms with Crippen LogP contribution < -0.4 is 14.8 Å². The van der Waals surface area contributed by atoms with E-state index in [2.05, 4.69) is 11.2 Å². The number of anilines is 1. The van der Waals surface area contributed by atoms with E-state index in [-0.39, 0.29) is 23.0 Å². The van der Waals surface area contributed by atoms with Crippen LogP contribution in [0.1, 0.15) is 29.0 Å². The van der Waals surface area contributed by atoms with E-state index in [9.17, 15) is 4.79 Å². The normalized spacial score (nSPS) is 17.8. The fourth-order valence-corrected chi connectivity index (χ4v) is 4.93. The minimum Gasteiger partial charge on any atom is -0.493 e. The highest BCUT2D eigenvalue weighted by molar-refractivity contribution is 8.01. The van der Waals surface area contributed by atoms with Crippen molar-refractivity contribution in [2.75, 3.05) is 19.0 Å². The summed E-state index contributed by atoms with van der Waals surface area (Å²) in [5.74, 6) is 4.29. The number of thioether (sulfide) groups is 1. The van der Waals surface area contributed by atoms with Crippen LogP contribution in [0.25, 0.3) is 5.69 Å². The largest absolute Gasteiger partial charge is 0.493 e. The van der Waals surface area contributed by atoms with Crippen molar-refractivity contribution in [2.24, 2.45) is 0 Å². The lowest BCUT2D eigenvalue weighted by molar-refractivity contribution is -0.115. The SMILES string of the molecule is C#CCOc1ccc([C@@H]2S[C@@H](C)C(=O)Nc3c2c(C)nn3-c2ccccc2)cc1OC. The molecule has 3 aromatic rings. The number of ether oxygens (including phenoxy) is 2. The lowest BCUT2D eigenvalue weighted by atomic mass is 10.0. The number of rotatable bonds is 5. The summed E-state index contributed by atoms with van der Waals surface area (Å²) in [5, 5.41) is 7.48. The number of nitrogens with zero attached hydrogens (tertiary/aromatic N) is 2. The highest BCUT2D eigenvalue weighted by atomic mass is 32.2. The zero-order chi connectivity index (χ0) is 22.0. The van der Waals surface area contributed by atoms with E-state index in [0.29, 0.717) is 17.3 Å². The van der Waals surface area contributed by atoms with E-state index in [1.54, 1.807) is 23.6 Å². The van der Waals surface area contributed by atoms with Crippen LogP contribution in [0.2, 0.25) is 0 Å². The molecule has 158 valence electrons. The number of carbonyl (C=O) groups excluding carboxylic acids is 1. The Morgan fingerprint density at radius 1 is 1.23 bits per heavy atom. The number of benzene rings is 2. The van der Waals surface area contributed by atoms with Crippen LogP contribution in [0.3, 0.4) is 0 Å². The highest BCUT2D eigenvalue weighted by Crippen LogP contribution is 2.47. The molecule has 0 unspecified atom stereocenters. The fourth-order valence-electron chi connectivity index (χ4n) is 3.61. The molecular formula is C24H23N3O3S. The summed E-state index contributed by atoms with van der Waals surface area (Å²) in [6.45, 7) is 4.04. The minimum atomic E-state index is -0.246. The van der Waals surface area contributed by atoms with Gasteiger partial charge in [0.05, 0.1) is 29.0 Å². The standard InChI is InChI=1S/C24H23N3O3S/c1-5-13-30-19-12-11-17(14-20(19)29-4)22-21-15(2)26-27(18-9-7-6-8-10-18)23(21)25-24(28)16(3)31-22/h1,6-12,14,16,22H,13H2,2-4H3,(H,25,28)/t16-,22-/m0/s1. The lowest BCUT2D eigenvalue weighted by Crippen LogP contribution is -2.22. The molecule has 0 saturated carbocycles. The smallest absolute Gasteiger partial charge is 0.238 e. The van der Waals surface area contributed by atoms with E-state index in [1.807, 2.05) is 62.4 Å². The summed E-state index contributed by atoms with van der Waals surface area (Å²) in [4.78, 5) is 12.8. The third kappa shape index (κ3) is 3.99. The van der Waals surface area contributed by atoms with E-state index in [0.717, 1.165) is 22.5 Å². The molecule has 31 heavy (non-hydrogen) atoms. The van der Waals surface area contributed by atoms with E-state index in [1.165, 1.54) is 0 Å². The summed E-state index contributed by atoms with van der Waals surface area (Å²) in [7, 11) is 1.60. The molecule has 1 aromatic heterocycles. The number of aromatic nitrogens is 2. The fraction of sp³-hybridized carbons (Fsp3) is 0.250. The van der Waals surface area contributed by atoms with E-state index < -0.39 is 0 Å². The zero-order valence-corrected chi connectivity index (χ0v) is 18.4. The van der Waals surface area contributed by atoms with Crippen LogP contribution in [-0.4, -0.2) is 34.7 Å². The third-order valence-electron chi connectivity index (χ3n) is 5.12. The predicted molar refractivity (Wildman–Crippen MR) is 123 cm³/mol. The summed E-state index contributed by atoms with van der Waals surface area (Å²) in [6.07, 6.45) is 5.31. The number of para-hydroxylation sites is 1. The molecule has 0 bridgehead atoms. The molecule has 2 heterocycles. The van der Waals surface area contributed by atoms with Crippen molar-refractivity contribution >= 4 is 23.5 Å². The average Bonchev–Trinajstić information content (AvgIpc) is 3.04. The Morgan fingerprint density at radius 2 is 2.00 bits per heavy atom. The first kappa shape index (κ1) is 20.9. The number of aryl methyl sites for hydroxylation is 1. The minimum absolute atomic E-state index is 0.0493. The summed E-state index contributed by atoms with van der Waals surface area (Å²) in [6, 6.07) is 15.6. The summed E-state index contributed by atoms with van der Waals surface area (Å²) < 4.78 is 12.9. The lowest BCUT2D eigenvalue weighted by Gasteiger charge is -2.19. The Bertz CT molecular complexity index is 1150. The van der Waals surface area contributed by atoms with Gasteiger partial charge in [-0.1, -0.05) is 30.2 Å². The van der Waals surface area contributed by atoms with Crippen LogP contribution in [0.5, 0.6) is 11.5 Å². The van der Waals surface area contributed by atoms with Crippen LogP contribution in [0, 0.1) is 19.3 Å². The van der Waals surface area contributed by atoms with Crippen LogP contribution in [0.4, 0.5) is 5.82 Å². The molecule has 4 rings (SSSR count). The number of terminal acetylenes is 1. The van der Waals surface area contributed by atoms with E-state index >= 15 is 0 Å². The van der Waals surface area contributed by atoms with Crippen LogP contribution in [0.15, 0.2) is 48.5 Å². The molecule has 6 nitrogen and oxygen atoms in total. The van der Waals surface area contributed by atoms with Crippen molar-refractivity contribution in [1.82, 2.24) is 9.78 Å². The first-order valence-corrected chi connectivity index (χ1v) is 10.8. The quantitative estimate of drug-likeness (QED) is 0.606. The van der Waals surface area contributed by atoms with Gasteiger partial charge < -0.3 is 14.8 Å². The first-order chi connectivity index (χ1) is 15.0. The van der Waals surface area contributed by atoms with Gasteiger partial charge in [-0.3, -0.25) is 4.79 Å². The van der Waals surface area contributed by atoms with Gasteiger partial charge in [0.15, 0.2) is 11.5 Å². The van der Waals surface area contributed by atoms with Gasteiger partial charge in [0.2, 0.25) is 5.91 Å². The Hall–Kier alpha value is -3.37. The van der Waals surface area contributed by atoms with Crippen molar-refractivity contribution in [3.63, 3.8) is 0 Å². The van der Waals surface area contributed by atoms with Crippen LogP contribution in [-0.2, 0) is 4.79 Å². The van der Waals surface area contributed by atoms with Gasteiger partial charge in [0.25, 0.3) is 0 Å². The molecule has 1 N–H and O–H groups in total. The van der Waals surface area contributed by atoms with Gasteiger partial charge >= 0.3 is 0 Å². The Balaban J connectivity index is 1.84. The van der Waals surface area contributed by atoms with Gasteiger partial charge in [0.1, 0.15) is 12.4 Å². The highest BCUT2D eigenvalue weighted by Gasteiger charge is 2.34. The first-order valence-electron chi connectivity index (χ1n) is 9.89. The second-order valence-electron chi connectivity index (χ2n) is 7.15. The van der Waals surface area contributed by atoms with Crippen molar-refractivity contribution < 1.29 is 14.3 Å². The third-order valence-corrected chi connectivity index (χ3v) is 6.52. The van der Waals surface area contributed by atoms with E-state index in [4.69, 9.17) is 21.0 Å². The molecule has 7 heteroatoms. The molecular weight excluding hydrogens is 410 g/mol. The average molecular weight is 434 g/mol. The maximum absolute atomic E-state index is 12.8. The molecule has 1 amide bonds. The number of carbonyl (C=O) groups is 1. The number of amides is 1. The number of fused-ring (bicyclic) bond motifs is 1. The molecule has 0 radical (unpaired) electrons. The maximum Gasteiger partial charge on any atom is 0.238 e. The molecule has 0 fully saturated rings. The van der Waals surface area contributed by atoms with Crippen molar-refractivity contribution in [3.8, 4) is 29.5 Å². The van der Waals surface area contributed by atoms with Crippen molar-refractivity contribution in [1.29, 1.82) is 0 Å². The molecule has 1 aliphatic heterocycles. The summed E-state index contributed by atoms with van der Waals surface area (Å²) >= 11 is 1.58. The number of nitrogens with one attached hydrogen (secondary N) is 1. The van der Waals surface area contributed by atoms with Gasteiger partial charge in [0, 0.05) is 5.56 Å². The molecule has 2 atom stereocenters. The van der Waals surface area contributed by atoms with Gasteiger partial charge in [-0.05, 0) is 43.7 Å². The van der Waals surface area contributed by atoms with Gasteiger partial charge in [-0.25, -0.2) is 4.68 Å². The number of methoxy groups -OCH3 is 1. The maximum atomic E-state index is 12.8.